The van der Waals surface area contributed by atoms with E-state index in [0.717, 1.165) is 45.1 Å². The largest absolute Gasteiger partial charge is 0.456 e. The van der Waals surface area contributed by atoms with Crippen molar-refractivity contribution in [3.8, 4) is 0 Å². The fourth-order valence-electron chi connectivity index (χ4n) is 4.35. The Labute approximate surface area is 168 Å². The van der Waals surface area contributed by atoms with Crippen LogP contribution in [0.4, 0.5) is 0 Å². The van der Waals surface area contributed by atoms with Gasteiger partial charge in [-0.15, -0.1) is 0 Å². The first-order chi connectivity index (χ1) is 13.4. The number of furan rings is 1. The van der Waals surface area contributed by atoms with E-state index in [1.165, 1.54) is 27.5 Å². The third kappa shape index (κ3) is 2.96. The third-order valence-electron chi connectivity index (χ3n) is 5.68. The van der Waals surface area contributed by atoms with Crippen LogP contribution in [0.15, 0.2) is 52.0 Å². The Balaban J connectivity index is 2.63. The molecule has 1 nitrogen and oxygen atoms in total. The highest BCUT2D eigenvalue weighted by Gasteiger charge is 2.23. The number of benzene rings is 1. The maximum absolute atomic E-state index is 6.25. The van der Waals surface area contributed by atoms with E-state index in [0.29, 0.717) is 0 Å². The molecule has 0 aliphatic heterocycles. The number of rotatable bonds is 3. The summed E-state index contributed by atoms with van der Waals surface area (Å²) in [7, 11) is 0. The van der Waals surface area contributed by atoms with Crippen LogP contribution in [0.2, 0.25) is 0 Å². The van der Waals surface area contributed by atoms with Gasteiger partial charge in [0, 0.05) is 16.5 Å². The van der Waals surface area contributed by atoms with Crippen molar-refractivity contribution in [3.05, 3.63) is 80.5 Å². The fourth-order valence-corrected chi connectivity index (χ4v) is 4.35. The zero-order valence-corrected chi connectivity index (χ0v) is 18.0. The van der Waals surface area contributed by atoms with E-state index in [-0.39, 0.29) is 0 Å². The molecule has 28 heavy (non-hydrogen) atoms. The van der Waals surface area contributed by atoms with Crippen molar-refractivity contribution in [2.24, 2.45) is 0 Å². The van der Waals surface area contributed by atoms with Crippen molar-refractivity contribution in [2.45, 2.75) is 48.0 Å². The van der Waals surface area contributed by atoms with Crippen molar-refractivity contribution >= 4 is 35.3 Å². The second-order valence-corrected chi connectivity index (χ2v) is 7.49. The van der Waals surface area contributed by atoms with Crippen LogP contribution in [0, 0.1) is 13.8 Å². The second kappa shape index (κ2) is 7.67. The highest BCUT2D eigenvalue weighted by molar-refractivity contribution is 5.93. The fraction of sp³-hybridized carbons (Fsp3) is 0.259. The SMILES string of the molecule is C=C1CC(/C=C\C)=C(C)C/1=c1\c(/C=C\C)c(C)c2oc(/C=C\C)c(C)c2c1=C. The van der Waals surface area contributed by atoms with Gasteiger partial charge in [-0.1, -0.05) is 43.5 Å². The summed E-state index contributed by atoms with van der Waals surface area (Å²) in [4.78, 5) is 0. The average Bonchev–Trinajstić information content (AvgIpc) is 3.12. The molecule has 1 heteroatoms. The van der Waals surface area contributed by atoms with Crippen LogP contribution in [-0.2, 0) is 0 Å². The first kappa shape index (κ1) is 19.9. The van der Waals surface area contributed by atoms with Gasteiger partial charge in [-0.2, -0.15) is 0 Å². The molecule has 1 aliphatic rings. The summed E-state index contributed by atoms with van der Waals surface area (Å²) in [5, 5.41) is 3.35. The van der Waals surface area contributed by atoms with E-state index in [1.54, 1.807) is 0 Å². The molecule has 0 atom stereocenters. The molecule has 0 bridgehead atoms. The molecule has 0 amide bonds. The van der Waals surface area contributed by atoms with E-state index in [1.807, 2.05) is 19.1 Å². The number of allylic oxidation sites excluding steroid dienone is 7. The molecule has 1 aromatic heterocycles. The molecule has 3 rings (SSSR count). The van der Waals surface area contributed by atoms with Gasteiger partial charge < -0.3 is 4.42 Å². The van der Waals surface area contributed by atoms with Crippen LogP contribution in [0.25, 0.3) is 35.3 Å². The van der Waals surface area contributed by atoms with Crippen LogP contribution in [0.3, 0.4) is 0 Å². The summed E-state index contributed by atoms with van der Waals surface area (Å²) in [6, 6.07) is 0. The lowest BCUT2D eigenvalue weighted by Gasteiger charge is -2.11. The molecule has 1 aromatic carbocycles. The van der Waals surface area contributed by atoms with Crippen LogP contribution in [-0.4, -0.2) is 0 Å². The van der Waals surface area contributed by atoms with Crippen molar-refractivity contribution in [3.63, 3.8) is 0 Å². The summed E-state index contributed by atoms with van der Waals surface area (Å²) in [6.07, 6.45) is 13.5. The maximum atomic E-state index is 6.25. The van der Waals surface area contributed by atoms with Crippen molar-refractivity contribution in [1.82, 2.24) is 0 Å². The van der Waals surface area contributed by atoms with Gasteiger partial charge in [0.05, 0.1) is 0 Å². The highest BCUT2D eigenvalue weighted by atomic mass is 16.3. The molecule has 0 saturated heterocycles. The Kier molecular flexibility index (Phi) is 5.47. The Morgan fingerprint density at radius 1 is 0.857 bits per heavy atom. The predicted octanol–water partition coefficient (Wildman–Crippen LogP) is 6.53. The van der Waals surface area contributed by atoms with E-state index in [4.69, 9.17) is 4.42 Å². The summed E-state index contributed by atoms with van der Waals surface area (Å²) in [6.45, 7) is 21.5. The van der Waals surface area contributed by atoms with Crippen LogP contribution in [0.1, 0.15) is 56.6 Å². The number of hydrogen-bond acceptors (Lipinski definition) is 1. The smallest absolute Gasteiger partial charge is 0.139 e. The summed E-state index contributed by atoms with van der Waals surface area (Å²) in [5.41, 5.74) is 9.46. The molecule has 1 aliphatic carbocycles. The van der Waals surface area contributed by atoms with Crippen LogP contribution >= 0.6 is 0 Å². The standard InChI is InChI=1S/C27H30O/c1-9-12-21-15-16(4)24(17(21)5)26-20(8)25-19(7)23(14-11-3)28-27(25)18(6)22(26)13-10-2/h9-14H,4,8,15H2,1-3,5-7H3/b12-9-,13-10-,14-11-,26-24-. The third-order valence-corrected chi connectivity index (χ3v) is 5.68. The zero-order chi connectivity index (χ0) is 20.6. The lowest BCUT2D eigenvalue weighted by molar-refractivity contribution is 0.598. The molecule has 0 fully saturated rings. The minimum Gasteiger partial charge on any atom is -0.456 e. The minimum absolute atomic E-state index is 0.894. The lowest BCUT2D eigenvalue weighted by atomic mass is 9.92. The van der Waals surface area contributed by atoms with Gasteiger partial charge in [0.25, 0.3) is 0 Å². The Hall–Kier alpha value is -2.80. The molecule has 0 unspecified atom stereocenters. The van der Waals surface area contributed by atoms with E-state index in [2.05, 4.69) is 72.1 Å². The van der Waals surface area contributed by atoms with E-state index in [9.17, 15) is 0 Å². The quantitative estimate of drug-likeness (QED) is 0.599. The zero-order valence-electron chi connectivity index (χ0n) is 18.0. The van der Waals surface area contributed by atoms with Gasteiger partial charge in [-0.05, 0) is 92.3 Å². The highest BCUT2D eigenvalue weighted by Crippen LogP contribution is 2.37. The second-order valence-electron chi connectivity index (χ2n) is 7.49. The normalized spacial score (nSPS) is 17.6. The lowest BCUT2D eigenvalue weighted by Crippen LogP contribution is -2.31. The van der Waals surface area contributed by atoms with Crippen molar-refractivity contribution in [2.75, 3.05) is 0 Å². The van der Waals surface area contributed by atoms with Crippen LogP contribution < -0.4 is 10.4 Å². The van der Waals surface area contributed by atoms with Gasteiger partial charge in [0.1, 0.15) is 11.3 Å². The number of fused-ring (bicyclic) bond motifs is 1. The number of aryl methyl sites for hydroxylation is 2. The Morgan fingerprint density at radius 3 is 2.11 bits per heavy atom. The van der Waals surface area contributed by atoms with E-state index < -0.39 is 0 Å². The molecule has 0 spiro atoms. The van der Waals surface area contributed by atoms with Gasteiger partial charge >= 0.3 is 0 Å². The van der Waals surface area contributed by atoms with Crippen molar-refractivity contribution in [1.29, 1.82) is 0 Å². The topological polar surface area (TPSA) is 13.1 Å². The molecule has 0 N–H and O–H groups in total. The summed E-state index contributed by atoms with van der Waals surface area (Å²) in [5.74, 6) is 0.909. The summed E-state index contributed by atoms with van der Waals surface area (Å²) >= 11 is 0. The number of hydrogen-bond donors (Lipinski definition) is 0. The monoisotopic (exact) mass is 370 g/mol. The van der Waals surface area contributed by atoms with Gasteiger partial charge in [-0.25, -0.2) is 0 Å². The summed E-state index contributed by atoms with van der Waals surface area (Å²) < 4.78 is 6.25. The first-order valence-corrected chi connectivity index (χ1v) is 9.92. The van der Waals surface area contributed by atoms with Crippen LogP contribution in [0.5, 0.6) is 0 Å². The molecule has 2 aromatic rings. The predicted molar refractivity (Wildman–Crippen MR) is 125 cm³/mol. The molecule has 1 heterocycles. The van der Waals surface area contributed by atoms with Gasteiger partial charge in [-0.3, -0.25) is 0 Å². The minimum atomic E-state index is 0.894. The molecular formula is C27H30O. The molecule has 0 radical (unpaired) electrons. The molecule has 144 valence electrons. The Bertz CT molecular complexity index is 1200. The first-order valence-electron chi connectivity index (χ1n) is 9.92. The molecular weight excluding hydrogens is 340 g/mol. The van der Waals surface area contributed by atoms with E-state index >= 15 is 0 Å². The maximum Gasteiger partial charge on any atom is 0.139 e. The Morgan fingerprint density at radius 2 is 1.50 bits per heavy atom. The van der Waals surface area contributed by atoms with Crippen molar-refractivity contribution < 1.29 is 4.42 Å². The molecule has 0 saturated carbocycles. The van der Waals surface area contributed by atoms with Gasteiger partial charge in [0.2, 0.25) is 0 Å². The average molecular weight is 371 g/mol. The van der Waals surface area contributed by atoms with Gasteiger partial charge in [0.15, 0.2) is 0 Å².